The first-order valence-electron chi connectivity index (χ1n) is 10.8. The van der Waals surface area contributed by atoms with Crippen molar-refractivity contribution in [2.45, 2.75) is 51.9 Å². The van der Waals surface area contributed by atoms with Crippen molar-refractivity contribution in [2.24, 2.45) is 11.5 Å². The van der Waals surface area contributed by atoms with E-state index < -0.39 is 61.1 Å². The van der Waals surface area contributed by atoms with Gasteiger partial charge in [0.15, 0.2) is 13.5 Å². The van der Waals surface area contributed by atoms with E-state index in [1.807, 2.05) is 0 Å². The molecular formula is C20H32N6O8. The second kappa shape index (κ2) is 11.5. The molecule has 0 aromatic rings. The lowest BCUT2D eigenvalue weighted by atomic mass is 10.1. The van der Waals surface area contributed by atoms with Gasteiger partial charge in [0.05, 0.1) is 26.2 Å². The van der Waals surface area contributed by atoms with Crippen LogP contribution in [0.5, 0.6) is 0 Å². The van der Waals surface area contributed by atoms with Crippen molar-refractivity contribution in [3.05, 3.63) is 0 Å². The highest BCUT2D eigenvalue weighted by Gasteiger charge is 2.40. The van der Waals surface area contributed by atoms with Gasteiger partial charge < -0.3 is 20.9 Å². The van der Waals surface area contributed by atoms with E-state index in [9.17, 15) is 28.8 Å². The molecule has 0 spiro atoms. The summed E-state index contributed by atoms with van der Waals surface area (Å²) in [6.07, 6.45) is 0. The van der Waals surface area contributed by atoms with Crippen molar-refractivity contribution >= 4 is 35.6 Å². The number of imide groups is 2. The van der Waals surface area contributed by atoms with Gasteiger partial charge in [0, 0.05) is 12.1 Å². The summed E-state index contributed by atoms with van der Waals surface area (Å²) in [5, 5.41) is 0. The number of rotatable bonds is 9. The van der Waals surface area contributed by atoms with Crippen molar-refractivity contribution < 1.29 is 38.2 Å². The van der Waals surface area contributed by atoms with Crippen LogP contribution in [-0.2, 0) is 38.2 Å². The molecule has 14 heteroatoms. The molecule has 4 atom stereocenters. The molecule has 2 aliphatic rings. The molecule has 2 fully saturated rings. The summed E-state index contributed by atoms with van der Waals surface area (Å²) in [5.74, 6) is -3.63. The molecule has 14 nitrogen and oxygen atoms in total. The second-order valence-corrected chi connectivity index (χ2v) is 8.48. The first kappa shape index (κ1) is 27.3. The molecule has 0 aliphatic carbocycles. The van der Waals surface area contributed by atoms with Crippen molar-refractivity contribution in [2.75, 3.05) is 39.6 Å². The van der Waals surface area contributed by atoms with E-state index in [1.165, 1.54) is 13.8 Å². The van der Waals surface area contributed by atoms with E-state index in [0.717, 1.165) is 9.80 Å². The fraction of sp³-hybridized carbons (Fsp3) is 0.700. The third-order valence-electron chi connectivity index (χ3n) is 5.82. The number of hydrogen-bond acceptors (Lipinski definition) is 12. The normalized spacial score (nSPS) is 21.8. The summed E-state index contributed by atoms with van der Waals surface area (Å²) in [5.41, 5.74) is 10.8. The molecular weight excluding hydrogens is 452 g/mol. The Morgan fingerprint density at radius 3 is 1.18 bits per heavy atom. The number of nitrogens with zero attached hydrogens (tertiary/aromatic N) is 4. The van der Waals surface area contributed by atoms with Crippen LogP contribution in [0.4, 0.5) is 0 Å². The zero-order valence-corrected chi connectivity index (χ0v) is 19.8. The van der Waals surface area contributed by atoms with Crippen molar-refractivity contribution in [3.8, 4) is 0 Å². The quantitative estimate of drug-likeness (QED) is 0.247. The molecule has 4 N–H and O–H groups in total. The predicted octanol–water partition coefficient (Wildman–Crippen LogP) is -3.20. The van der Waals surface area contributed by atoms with Crippen molar-refractivity contribution in [3.63, 3.8) is 0 Å². The Morgan fingerprint density at radius 2 is 0.941 bits per heavy atom. The minimum absolute atomic E-state index is 0.109. The Kier molecular flexibility index (Phi) is 9.21. The molecule has 0 aromatic carbocycles. The summed E-state index contributed by atoms with van der Waals surface area (Å²) in [7, 11) is 0. The molecule has 2 aliphatic heterocycles. The average Bonchev–Trinajstić information content (AvgIpc) is 2.75. The van der Waals surface area contributed by atoms with E-state index in [-0.39, 0.29) is 38.3 Å². The Bertz CT molecular complexity index is 743. The third-order valence-corrected chi connectivity index (χ3v) is 5.82. The summed E-state index contributed by atoms with van der Waals surface area (Å²) >= 11 is 0. The van der Waals surface area contributed by atoms with E-state index >= 15 is 0 Å². The predicted molar refractivity (Wildman–Crippen MR) is 115 cm³/mol. The van der Waals surface area contributed by atoms with Crippen LogP contribution in [0.2, 0.25) is 0 Å². The zero-order chi connectivity index (χ0) is 25.7. The maximum atomic E-state index is 12.5. The molecule has 4 unspecified atom stereocenters. The lowest BCUT2D eigenvalue weighted by Crippen LogP contribution is -2.63. The number of piperazine rings is 2. The maximum Gasteiger partial charge on any atom is 0.324 e. The van der Waals surface area contributed by atoms with Gasteiger partial charge in [0.1, 0.15) is 12.1 Å². The summed E-state index contributed by atoms with van der Waals surface area (Å²) in [4.78, 5) is 77.9. The van der Waals surface area contributed by atoms with E-state index in [4.69, 9.17) is 20.9 Å². The zero-order valence-electron chi connectivity index (χ0n) is 19.8. The molecule has 0 radical (unpaired) electrons. The molecule has 0 saturated carbocycles. The number of carbonyl (C=O) groups excluding carboxylic acids is 6. The highest BCUT2D eigenvalue weighted by atomic mass is 16.6. The van der Waals surface area contributed by atoms with Gasteiger partial charge in [-0.3, -0.25) is 38.6 Å². The van der Waals surface area contributed by atoms with E-state index in [1.54, 1.807) is 23.6 Å². The Labute approximate surface area is 197 Å². The van der Waals surface area contributed by atoms with Crippen LogP contribution in [0.1, 0.15) is 27.7 Å². The number of amides is 4. The molecule has 2 heterocycles. The first-order valence-corrected chi connectivity index (χ1v) is 10.8. The third kappa shape index (κ3) is 6.56. The van der Waals surface area contributed by atoms with Gasteiger partial charge in [0.25, 0.3) is 0 Å². The van der Waals surface area contributed by atoms with Crippen LogP contribution >= 0.6 is 0 Å². The van der Waals surface area contributed by atoms with Crippen LogP contribution < -0.4 is 11.5 Å². The van der Waals surface area contributed by atoms with E-state index in [0.29, 0.717) is 0 Å². The molecule has 2 saturated heterocycles. The lowest BCUT2D eigenvalue weighted by molar-refractivity contribution is -0.169. The Hall–Kier alpha value is -2.94. The molecule has 2 rings (SSSR count). The van der Waals surface area contributed by atoms with Gasteiger partial charge >= 0.3 is 11.9 Å². The van der Waals surface area contributed by atoms with Crippen LogP contribution in [0.3, 0.4) is 0 Å². The largest absolute Gasteiger partial charge is 0.443 e. The van der Waals surface area contributed by atoms with Crippen LogP contribution in [0.25, 0.3) is 0 Å². The van der Waals surface area contributed by atoms with Gasteiger partial charge in [-0.1, -0.05) is 0 Å². The summed E-state index contributed by atoms with van der Waals surface area (Å²) in [6, 6.07) is -2.50. The van der Waals surface area contributed by atoms with Gasteiger partial charge in [-0.2, -0.15) is 0 Å². The molecule has 190 valence electrons. The fourth-order valence-electron chi connectivity index (χ4n) is 3.42. The standard InChI is InChI=1S/C20H32N6O8/c1-11(21)19(31)33-9-25-15(27)5-23(6-16(25)28)13(3)14(4)24-7-17(29)26(18(30)8-24)10-34-20(32)12(2)22/h11-14H,5-10,21-22H2,1-4H3. The molecule has 0 bridgehead atoms. The SMILES string of the molecule is CC(N)C(=O)OCN1C(=O)CN(C(C)C(C)N2CC(=O)N(COC(=O)C(C)N)C(=O)C2)CC1=O. The van der Waals surface area contributed by atoms with Gasteiger partial charge in [-0.25, -0.2) is 9.80 Å². The lowest BCUT2D eigenvalue weighted by Gasteiger charge is -2.43. The summed E-state index contributed by atoms with van der Waals surface area (Å²) in [6.45, 7) is 4.97. The highest BCUT2D eigenvalue weighted by Crippen LogP contribution is 2.18. The van der Waals surface area contributed by atoms with Crippen LogP contribution in [0.15, 0.2) is 0 Å². The Morgan fingerprint density at radius 1 is 0.676 bits per heavy atom. The first-order chi connectivity index (χ1) is 15.8. The number of nitrogens with two attached hydrogens (primary N) is 2. The topological polar surface area (TPSA) is 186 Å². The number of ether oxygens (including phenoxy) is 2. The van der Waals surface area contributed by atoms with Crippen molar-refractivity contribution in [1.82, 2.24) is 19.6 Å². The van der Waals surface area contributed by atoms with E-state index in [2.05, 4.69) is 0 Å². The minimum atomic E-state index is -0.880. The minimum Gasteiger partial charge on any atom is -0.443 e. The molecule has 4 amide bonds. The van der Waals surface area contributed by atoms with Gasteiger partial charge in [-0.05, 0) is 27.7 Å². The van der Waals surface area contributed by atoms with Gasteiger partial charge in [0.2, 0.25) is 23.6 Å². The summed E-state index contributed by atoms with van der Waals surface area (Å²) < 4.78 is 9.76. The maximum absolute atomic E-state index is 12.5. The van der Waals surface area contributed by atoms with Crippen molar-refractivity contribution in [1.29, 1.82) is 0 Å². The van der Waals surface area contributed by atoms with Crippen LogP contribution in [-0.4, -0.2) is 119 Å². The molecule has 0 aromatic heterocycles. The smallest absolute Gasteiger partial charge is 0.324 e. The second-order valence-electron chi connectivity index (χ2n) is 8.48. The van der Waals surface area contributed by atoms with Crippen LogP contribution in [0, 0.1) is 0 Å². The highest BCUT2D eigenvalue weighted by molar-refractivity contribution is 6.00. The average molecular weight is 485 g/mol. The monoisotopic (exact) mass is 484 g/mol. The van der Waals surface area contributed by atoms with Gasteiger partial charge in [-0.15, -0.1) is 0 Å². The molecule has 34 heavy (non-hydrogen) atoms. The number of hydrogen-bond donors (Lipinski definition) is 2. The Balaban J connectivity index is 1.94. The fourth-order valence-corrected chi connectivity index (χ4v) is 3.42. The number of esters is 2. The number of carbonyl (C=O) groups is 6.